The van der Waals surface area contributed by atoms with Crippen molar-refractivity contribution in [3.05, 3.63) is 46.8 Å². The molecule has 18 heavy (non-hydrogen) atoms. The van der Waals surface area contributed by atoms with E-state index in [1.807, 2.05) is 12.1 Å². The normalized spacial score (nSPS) is 15.0. The van der Waals surface area contributed by atoms with Crippen molar-refractivity contribution in [1.29, 1.82) is 0 Å². The van der Waals surface area contributed by atoms with Crippen LogP contribution in [0.2, 0.25) is 0 Å². The third-order valence-electron chi connectivity index (χ3n) is 3.01. The second-order valence-corrected chi connectivity index (χ2v) is 5.72. The highest BCUT2D eigenvalue weighted by atomic mass is 32.1. The molecule has 0 spiro atoms. The fourth-order valence-corrected chi connectivity index (χ4v) is 2.76. The van der Waals surface area contributed by atoms with Crippen LogP contribution >= 0.6 is 11.3 Å². The molecule has 1 aliphatic carbocycles. The molecular weight excluding hydrogens is 252 g/mol. The molecule has 0 aliphatic heterocycles. The summed E-state index contributed by atoms with van der Waals surface area (Å²) in [5.74, 6) is -1.59. The van der Waals surface area contributed by atoms with E-state index in [0.717, 1.165) is 17.0 Å². The predicted molar refractivity (Wildman–Crippen MR) is 69.5 cm³/mol. The first-order chi connectivity index (χ1) is 8.72. The summed E-state index contributed by atoms with van der Waals surface area (Å²) in [5.41, 5.74) is 0.733. The molecule has 1 N–H and O–H groups in total. The number of hydrogen-bond acceptors (Lipinski definition) is 2. The zero-order valence-corrected chi connectivity index (χ0v) is 10.6. The summed E-state index contributed by atoms with van der Waals surface area (Å²) in [5, 5.41) is 3.43. The summed E-state index contributed by atoms with van der Waals surface area (Å²) >= 11 is 1.62. The number of thiophene rings is 1. The summed E-state index contributed by atoms with van der Waals surface area (Å²) in [6, 6.07) is 8.71. The van der Waals surface area contributed by atoms with Crippen molar-refractivity contribution in [3.8, 4) is 10.4 Å². The lowest BCUT2D eigenvalue weighted by Gasteiger charge is -2.00. The van der Waals surface area contributed by atoms with Crippen LogP contribution in [0, 0.1) is 11.6 Å². The predicted octanol–water partition coefficient (Wildman–Crippen LogP) is 3.95. The molecule has 2 aromatic rings. The van der Waals surface area contributed by atoms with Crippen molar-refractivity contribution in [2.24, 2.45) is 0 Å². The molecule has 1 nitrogen and oxygen atoms in total. The van der Waals surface area contributed by atoms with E-state index in [1.165, 1.54) is 29.9 Å². The van der Waals surface area contributed by atoms with Crippen LogP contribution in [0.5, 0.6) is 0 Å². The lowest BCUT2D eigenvalue weighted by Crippen LogP contribution is -2.14. The molecule has 0 atom stereocenters. The van der Waals surface area contributed by atoms with Crippen LogP contribution in [-0.2, 0) is 6.54 Å². The minimum absolute atomic E-state index is 0.679. The van der Waals surface area contributed by atoms with Gasteiger partial charge in [-0.2, -0.15) is 0 Å². The largest absolute Gasteiger partial charge is 0.309 e. The van der Waals surface area contributed by atoms with E-state index in [0.29, 0.717) is 6.04 Å². The quantitative estimate of drug-likeness (QED) is 0.882. The first-order valence-electron chi connectivity index (χ1n) is 6.00. The molecule has 0 unspecified atom stereocenters. The van der Waals surface area contributed by atoms with Gasteiger partial charge in [-0.25, -0.2) is 8.78 Å². The van der Waals surface area contributed by atoms with Crippen LogP contribution in [-0.4, -0.2) is 6.04 Å². The maximum Gasteiger partial charge on any atom is 0.159 e. The Balaban J connectivity index is 1.76. The van der Waals surface area contributed by atoms with Crippen molar-refractivity contribution in [2.75, 3.05) is 0 Å². The molecule has 0 amide bonds. The van der Waals surface area contributed by atoms with E-state index in [9.17, 15) is 8.78 Å². The minimum Gasteiger partial charge on any atom is -0.309 e. The Hall–Kier alpha value is -1.26. The van der Waals surface area contributed by atoms with Gasteiger partial charge in [0.25, 0.3) is 0 Å². The fourth-order valence-electron chi connectivity index (χ4n) is 1.81. The highest BCUT2D eigenvalue weighted by Gasteiger charge is 2.20. The second kappa shape index (κ2) is 4.78. The number of hydrogen-bond donors (Lipinski definition) is 1. The Morgan fingerprint density at radius 2 is 1.94 bits per heavy atom. The highest BCUT2D eigenvalue weighted by molar-refractivity contribution is 7.15. The van der Waals surface area contributed by atoms with E-state index in [-0.39, 0.29) is 0 Å². The summed E-state index contributed by atoms with van der Waals surface area (Å²) in [6.45, 7) is 0.860. The first kappa shape index (κ1) is 11.8. The summed E-state index contributed by atoms with van der Waals surface area (Å²) in [7, 11) is 0. The van der Waals surface area contributed by atoms with E-state index in [2.05, 4.69) is 5.32 Å². The summed E-state index contributed by atoms with van der Waals surface area (Å²) in [6.07, 6.45) is 2.53. The van der Waals surface area contributed by atoms with E-state index < -0.39 is 11.6 Å². The van der Waals surface area contributed by atoms with Gasteiger partial charge in [0.15, 0.2) is 11.6 Å². The molecule has 1 aliphatic rings. The summed E-state index contributed by atoms with van der Waals surface area (Å²) in [4.78, 5) is 2.20. The molecular formula is C14H13F2NS. The van der Waals surface area contributed by atoms with Crippen LogP contribution in [0.3, 0.4) is 0 Å². The monoisotopic (exact) mass is 265 g/mol. The molecule has 1 heterocycles. The van der Waals surface area contributed by atoms with Crippen molar-refractivity contribution < 1.29 is 8.78 Å². The molecule has 0 bridgehead atoms. The van der Waals surface area contributed by atoms with Crippen LogP contribution in [0.15, 0.2) is 30.3 Å². The third-order valence-corrected chi connectivity index (χ3v) is 4.14. The van der Waals surface area contributed by atoms with Gasteiger partial charge in [-0.15, -0.1) is 11.3 Å². The van der Waals surface area contributed by atoms with Gasteiger partial charge in [0, 0.05) is 22.3 Å². The Morgan fingerprint density at radius 1 is 1.11 bits per heavy atom. The van der Waals surface area contributed by atoms with Gasteiger partial charge >= 0.3 is 0 Å². The minimum atomic E-state index is -0.800. The van der Waals surface area contributed by atoms with Crippen LogP contribution in [0.25, 0.3) is 10.4 Å². The van der Waals surface area contributed by atoms with Gasteiger partial charge in [-0.1, -0.05) is 6.07 Å². The number of rotatable bonds is 4. The molecule has 0 radical (unpaired) electrons. The number of halogens is 2. The Bertz CT molecular complexity index is 561. The SMILES string of the molecule is Fc1ccc(-c2ccc(CNC3CC3)s2)cc1F. The highest BCUT2D eigenvalue weighted by Crippen LogP contribution is 2.29. The maximum atomic E-state index is 13.2. The lowest BCUT2D eigenvalue weighted by atomic mass is 10.2. The average Bonchev–Trinajstić information content (AvgIpc) is 3.08. The molecule has 1 saturated carbocycles. The Kier molecular flexibility index (Phi) is 3.14. The molecule has 1 fully saturated rings. The maximum absolute atomic E-state index is 13.2. The smallest absolute Gasteiger partial charge is 0.159 e. The lowest BCUT2D eigenvalue weighted by molar-refractivity contribution is 0.509. The number of nitrogens with one attached hydrogen (secondary N) is 1. The molecule has 1 aromatic carbocycles. The molecule has 94 valence electrons. The van der Waals surface area contributed by atoms with E-state index in [1.54, 1.807) is 17.4 Å². The van der Waals surface area contributed by atoms with Crippen LogP contribution in [0.4, 0.5) is 8.78 Å². The van der Waals surface area contributed by atoms with Gasteiger partial charge in [0.05, 0.1) is 0 Å². The first-order valence-corrected chi connectivity index (χ1v) is 6.81. The zero-order chi connectivity index (χ0) is 12.5. The van der Waals surface area contributed by atoms with E-state index in [4.69, 9.17) is 0 Å². The van der Waals surface area contributed by atoms with Crippen LogP contribution < -0.4 is 5.32 Å². The van der Waals surface area contributed by atoms with Gasteiger partial charge in [-0.3, -0.25) is 0 Å². The Morgan fingerprint density at radius 3 is 2.67 bits per heavy atom. The van der Waals surface area contributed by atoms with E-state index >= 15 is 0 Å². The Labute approximate surface area is 108 Å². The molecule has 3 rings (SSSR count). The van der Waals surface area contributed by atoms with Crippen molar-refractivity contribution in [1.82, 2.24) is 5.32 Å². The standard InChI is InChI=1S/C14H13F2NS/c15-12-5-1-9(7-13(12)16)14-6-4-11(18-14)8-17-10-2-3-10/h1,4-7,10,17H,2-3,8H2. The fraction of sp³-hybridized carbons (Fsp3) is 0.286. The second-order valence-electron chi connectivity index (χ2n) is 4.55. The number of benzene rings is 1. The van der Waals surface area contributed by atoms with Gasteiger partial charge < -0.3 is 5.32 Å². The van der Waals surface area contributed by atoms with Gasteiger partial charge in [0.2, 0.25) is 0 Å². The van der Waals surface area contributed by atoms with Gasteiger partial charge in [0.1, 0.15) is 0 Å². The molecule has 1 aromatic heterocycles. The third kappa shape index (κ3) is 2.60. The van der Waals surface area contributed by atoms with Crippen molar-refractivity contribution in [2.45, 2.75) is 25.4 Å². The average molecular weight is 265 g/mol. The van der Waals surface area contributed by atoms with Gasteiger partial charge in [-0.05, 0) is 42.7 Å². The van der Waals surface area contributed by atoms with Crippen LogP contribution in [0.1, 0.15) is 17.7 Å². The molecule has 4 heteroatoms. The van der Waals surface area contributed by atoms with Crippen molar-refractivity contribution in [3.63, 3.8) is 0 Å². The van der Waals surface area contributed by atoms with Crippen molar-refractivity contribution >= 4 is 11.3 Å². The topological polar surface area (TPSA) is 12.0 Å². The molecule has 0 saturated heterocycles. The summed E-state index contributed by atoms with van der Waals surface area (Å²) < 4.78 is 26.0. The zero-order valence-electron chi connectivity index (χ0n) is 9.75.